The molecule has 29 heavy (non-hydrogen) atoms. The molecule has 1 heterocycles. The molecule has 2 amide bonds. The Kier molecular flexibility index (Phi) is 7.04. The Hall–Kier alpha value is -2.24. The fraction of sp³-hybridized carbons (Fsp3) is 0.364. The Bertz CT molecular complexity index is 884. The number of hydrogen-bond donors (Lipinski definition) is 1. The highest BCUT2D eigenvalue weighted by Crippen LogP contribution is 2.28. The molecule has 7 heteroatoms. The second-order valence-electron chi connectivity index (χ2n) is 7.56. The van der Waals surface area contributed by atoms with Gasteiger partial charge in [-0.3, -0.25) is 9.59 Å². The summed E-state index contributed by atoms with van der Waals surface area (Å²) in [5.41, 5.74) is 1.59. The molecule has 1 saturated heterocycles. The molecule has 1 unspecified atom stereocenters. The molecular weight excluding hydrogens is 411 g/mol. The standard InChI is InChI=1S/C22H24Cl2N2O3/c1-14(2)11-25-22(28)16-9-21(27)26(12-16)18-5-7-19(8-6-18)29-13-15-3-4-17(23)10-20(15)24/h3-8,10,14,16H,9,11-13H2,1-2H3,(H,25,28). The minimum absolute atomic E-state index is 0.0451. The number of ether oxygens (including phenoxy) is 1. The van der Waals surface area contributed by atoms with Gasteiger partial charge >= 0.3 is 0 Å². The van der Waals surface area contributed by atoms with E-state index < -0.39 is 0 Å². The van der Waals surface area contributed by atoms with Gasteiger partial charge in [-0.1, -0.05) is 43.1 Å². The number of nitrogens with zero attached hydrogens (tertiary/aromatic N) is 1. The molecule has 0 spiro atoms. The van der Waals surface area contributed by atoms with Crippen LogP contribution in [0.2, 0.25) is 10.0 Å². The summed E-state index contributed by atoms with van der Waals surface area (Å²) in [6.45, 7) is 5.40. The van der Waals surface area contributed by atoms with Gasteiger partial charge in [0.25, 0.3) is 0 Å². The van der Waals surface area contributed by atoms with Gasteiger partial charge in [0.2, 0.25) is 11.8 Å². The molecule has 0 aliphatic carbocycles. The van der Waals surface area contributed by atoms with E-state index >= 15 is 0 Å². The topological polar surface area (TPSA) is 58.6 Å². The van der Waals surface area contributed by atoms with Crippen molar-refractivity contribution in [1.82, 2.24) is 5.32 Å². The van der Waals surface area contributed by atoms with Crippen molar-refractivity contribution in [2.75, 3.05) is 18.0 Å². The molecule has 2 aromatic rings. The lowest BCUT2D eigenvalue weighted by molar-refractivity contribution is -0.126. The number of nitrogens with one attached hydrogen (secondary N) is 1. The van der Waals surface area contributed by atoms with Gasteiger partial charge in [0.1, 0.15) is 12.4 Å². The molecular formula is C22H24Cl2N2O3. The fourth-order valence-electron chi connectivity index (χ4n) is 3.10. The molecule has 2 aromatic carbocycles. The van der Waals surface area contributed by atoms with Gasteiger partial charge in [-0.2, -0.15) is 0 Å². The second kappa shape index (κ2) is 9.51. The summed E-state index contributed by atoms with van der Waals surface area (Å²) in [4.78, 5) is 26.3. The maximum absolute atomic E-state index is 12.4. The molecule has 1 aliphatic rings. The van der Waals surface area contributed by atoms with E-state index in [2.05, 4.69) is 5.32 Å². The van der Waals surface area contributed by atoms with E-state index in [-0.39, 0.29) is 24.2 Å². The Labute approximate surface area is 180 Å². The SMILES string of the molecule is CC(C)CNC(=O)C1CC(=O)N(c2ccc(OCc3ccc(Cl)cc3Cl)cc2)C1. The van der Waals surface area contributed by atoms with Crippen LogP contribution in [0.15, 0.2) is 42.5 Å². The van der Waals surface area contributed by atoms with Crippen molar-refractivity contribution in [3.05, 3.63) is 58.1 Å². The maximum Gasteiger partial charge on any atom is 0.227 e. The summed E-state index contributed by atoms with van der Waals surface area (Å²) < 4.78 is 5.78. The van der Waals surface area contributed by atoms with Gasteiger partial charge in [-0.05, 0) is 42.3 Å². The number of anilines is 1. The monoisotopic (exact) mass is 434 g/mol. The van der Waals surface area contributed by atoms with Crippen LogP contribution in [0.25, 0.3) is 0 Å². The first-order valence-corrected chi connectivity index (χ1v) is 10.3. The summed E-state index contributed by atoms with van der Waals surface area (Å²) in [6.07, 6.45) is 0.233. The van der Waals surface area contributed by atoms with Crippen LogP contribution < -0.4 is 15.0 Å². The van der Waals surface area contributed by atoms with Crippen molar-refractivity contribution < 1.29 is 14.3 Å². The Morgan fingerprint density at radius 1 is 1.21 bits per heavy atom. The number of carbonyl (C=O) groups excluding carboxylic acids is 2. The minimum atomic E-state index is -0.316. The highest BCUT2D eigenvalue weighted by Gasteiger charge is 2.35. The minimum Gasteiger partial charge on any atom is -0.489 e. The lowest BCUT2D eigenvalue weighted by Crippen LogP contribution is -2.34. The summed E-state index contributed by atoms with van der Waals surface area (Å²) in [7, 11) is 0. The first-order valence-electron chi connectivity index (χ1n) is 9.58. The highest BCUT2D eigenvalue weighted by molar-refractivity contribution is 6.35. The van der Waals surface area contributed by atoms with Crippen LogP contribution in [0.5, 0.6) is 5.75 Å². The van der Waals surface area contributed by atoms with Crippen molar-refractivity contribution in [1.29, 1.82) is 0 Å². The lowest BCUT2D eigenvalue weighted by atomic mass is 10.1. The van der Waals surface area contributed by atoms with Crippen LogP contribution in [-0.2, 0) is 16.2 Å². The van der Waals surface area contributed by atoms with Crippen LogP contribution in [0.3, 0.4) is 0 Å². The van der Waals surface area contributed by atoms with E-state index in [0.717, 1.165) is 11.3 Å². The number of hydrogen-bond acceptors (Lipinski definition) is 3. The normalized spacial score (nSPS) is 16.4. The Morgan fingerprint density at radius 2 is 1.93 bits per heavy atom. The zero-order valence-corrected chi connectivity index (χ0v) is 18.0. The van der Waals surface area contributed by atoms with Crippen LogP contribution >= 0.6 is 23.2 Å². The quantitative estimate of drug-likeness (QED) is 0.686. The van der Waals surface area contributed by atoms with Crippen LogP contribution in [-0.4, -0.2) is 24.9 Å². The third-order valence-electron chi connectivity index (χ3n) is 4.74. The van der Waals surface area contributed by atoms with Gasteiger partial charge in [0.15, 0.2) is 0 Å². The Balaban J connectivity index is 1.58. The number of benzene rings is 2. The maximum atomic E-state index is 12.4. The van der Waals surface area contributed by atoms with Crippen molar-refractivity contribution in [2.24, 2.45) is 11.8 Å². The van der Waals surface area contributed by atoms with Crippen LogP contribution in [0, 0.1) is 11.8 Å². The first-order chi connectivity index (χ1) is 13.8. The molecule has 1 aliphatic heterocycles. The molecule has 154 valence electrons. The zero-order chi connectivity index (χ0) is 21.0. The smallest absolute Gasteiger partial charge is 0.227 e. The Morgan fingerprint density at radius 3 is 2.59 bits per heavy atom. The largest absolute Gasteiger partial charge is 0.489 e. The van der Waals surface area contributed by atoms with E-state index in [1.54, 1.807) is 29.2 Å². The van der Waals surface area contributed by atoms with E-state index in [0.29, 0.717) is 41.4 Å². The molecule has 1 N–H and O–H groups in total. The molecule has 1 fully saturated rings. The lowest BCUT2D eigenvalue weighted by Gasteiger charge is -2.17. The fourth-order valence-corrected chi connectivity index (χ4v) is 3.57. The molecule has 5 nitrogen and oxygen atoms in total. The van der Waals surface area contributed by atoms with Crippen molar-refractivity contribution in [2.45, 2.75) is 26.9 Å². The van der Waals surface area contributed by atoms with Crippen LogP contribution in [0.4, 0.5) is 5.69 Å². The number of halogens is 2. The van der Waals surface area contributed by atoms with Gasteiger partial charge < -0.3 is 15.0 Å². The average Bonchev–Trinajstić information content (AvgIpc) is 3.07. The zero-order valence-electron chi connectivity index (χ0n) is 16.5. The van der Waals surface area contributed by atoms with E-state index in [9.17, 15) is 9.59 Å². The predicted octanol–water partition coefficient (Wildman–Crippen LogP) is 4.70. The van der Waals surface area contributed by atoms with E-state index in [1.165, 1.54) is 0 Å². The molecule has 0 radical (unpaired) electrons. The second-order valence-corrected chi connectivity index (χ2v) is 8.41. The van der Waals surface area contributed by atoms with Crippen molar-refractivity contribution in [3.8, 4) is 5.75 Å². The van der Waals surface area contributed by atoms with E-state index in [1.807, 2.05) is 32.0 Å². The van der Waals surface area contributed by atoms with Gasteiger partial charge in [0, 0.05) is 40.8 Å². The molecule has 3 rings (SSSR count). The molecule has 1 atom stereocenters. The van der Waals surface area contributed by atoms with Crippen molar-refractivity contribution >= 4 is 40.7 Å². The first kappa shape index (κ1) is 21.5. The van der Waals surface area contributed by atoms with Gasteiger partial charge in [0.05, 0.1) is 5.92 Å². The third kappa shape index (κ3) is 5.64. The highest BCUT2D eigenvalue weighted by atomic mass is 35.5. The average molecular weight is 435 g/mol. The van der Waals surface area contributed by atoms with Crippen molar-refractivity contribution in [3.63, 3.8) is 0 Å². The predicted molar refractivity (Wildman–Crippen MR) is 116 cm³/mol. The number of rotatable bonds is 7. The van der Waals surface area contributed by atoms with Crippen LogP contribution in [0.1, 0.15) is 25.8 Å². The van der Waals surface area contributed by atoms with Gasteiger partial charge in [-0.25, -0.2) is 0 Å². The number of amides is 2. The third-order valence-corrected chi connectivity index (χ3v) is 5.33. The summed E-state index contributed by atoms with van der Waals surface area (Å²) in [5.74, 6) is 0.620. The molecule has 0 saturated carbocycles. The molecule has 0 bridgehead atoms. The summed E-state index contributed by atoms with van der Waals surface area (Å²) in [5, 5.41) is 4.04. The van der Waals surface area contributed by atoms with Gasteiger partial charge in [-0.15, -0.1) is 0 Å². The summed E-state index contributed by atoms with van der Waals surface area (Å²) >= 11 is 12.1. The number of carbonyl (C=O) groups is 2. The summed E-state index contributed by atoms with van der Waals surface area (Å²) in [6, 6.07) is 12.5. The van der Waals surface area contributed by atoms with E-state index in [4.69, 9.17) is 27.9 Å². The molecule has 0 aromatic heterocycles.